The van der Waals surface area contributed by atoms with Crippen molar-refractivity contribution >= 4 is 5.91 Å². The molecule has 1 saturated heterocycles. The molecule has 0 aliphatic carbocycles. The van der Waals surface area contributed by atoms with E-state index in [1.54, 1.807) is 0 Å². The number of rotatable bonds is 4. The zero-order chi connectivity index (χ0) is 12.1. The van der Waals surface area contributed by atoms with E-state index in [0.29, 0.717) is 5.92 Å². The molecule has 1 rings (SSSR count). The number of hydrogen-bond acceptors (Lipinski definition) is 2. The van der Waals surface area contributed by atoms with E-state index in [9.17, 15) is 4.79 Å². The molecule has 0 aromatic carbocycles. The third-order valence-corrected chi connectivity index (χ3v) is 3.83. The smallest absolute Gasteiger partial charge is 0.239 e. The number of amides is 1. The van der Waals surface area contributed by atoms with E-state index in [1.807, 2.05) is 4.90 Å². The van der Waals surface area contributed by atoms with Crippen LogP contribution >= 0.6 is 0 Å². The van der Waals surface area contributed by atoms with Crippen LogP contribution in [0.5, 0.6) is 0 Å². The van der Waals surface area contributed by atoms with E-state index < -0.39 is 0 Å². The van der Waals surface area contributed by atoms with Gasteiger partial charge in [0.1, 0.15) is 0 Å². The maximum Gasteiger partial charge on any atom is 0.239 e. The van der Waals surface area contributed by atoms with Gasteiger partial charge in [-0.05, 0) is 24.7 Å². The minimum absolute atomic E-state index is 0.159. The molecule has 0 spiro atoms. The fourth-order valence-electron chi connectivity index (χ4n) is 2.25. The standard InChI is InChI=1S/C13H26N2O/c1-4-5-6-12(14)13(16)15-8-7-10(2)11(3)9-15/h10-12H,4-9,14H2,1-3H3/t10?,11?,12-/m0/s1. The van der Waals surface area contributed by atoms with Crippen molar-refractivity contribution in [3.63, 3.8) is 0 Å². The van der Waals surface area contributed by atoms with Crippen LogP contribution in [-0.2, 0) is 4.79 Å². The van der Waals surface area contributed by atoms with Crippen molar-refractivity contribution in [3.8, 4) is 0 Å². The minimum atomic E-state index is -0.277. The third kappa shape index (κ3) is 3.48. The van der Waals surface area contributed by atoms with Gasteiger partial charge >= 0.3 is 0 Å². The van der Waals surface area contributed by atoms with Crippen molar-refractivity contribution in [2.45, 2.75) is 52.5 Å². The molecule has 3 heteroatoms. The Bertz CT molecular complexity index is 230. The lowest BCUT2D eigenvalue weighted by atomic mass is 9.88. The molecule has 16 heavy (non-hydrogen) atoms. The summed E-state index contributed by atoms with van der Waals surface area (Å²) in [4.78, 5) is 14.0. The average Bonchev–Trinajstić information content (AvgIpc) is 2.28. The lowest BCUT2D eigenvalue weighted by molar-refractivity contribution is -0.135. The third-order valence-electron chi connectivity index (χ3n) is 3.83. The highest BCUT2D eigenvalue weighted by Gasteiger charge is 2.28. The van der Waals surface area contributed by atoms with Gasteiger partial charge in [-0.3, -0.25) is 4.79 Å². The van der Waals surface area contributed by atoms with E-state index in [-0.39, 0.29) is 11.9 Å². The van der Waals surface area contributed by atoms with Crippen LogP contribution in [0.2, 0.25) is 0 Å². The molecule has 1 fully saturated rings. The van der Waals surface area contributed by atoms with Gasteiger partial charge in [0.2, 0.25) is 5.91 Å². The second-order valence-corrected chi connectivity index (χ2v) is 5.28. The van der Waals surface area contributed by atoms with Crippen molar-refractivity contribution in [1.29, 1.82) is 0 Å². The van der Waals surface area contributed by atoms with Crippen LogP contribution < -0.4 is 5.73 Å². The van der Waals surface area contributed by atoms with Crippen molar-refractivity contribution in [2.75, 3.05) is 13.1 Å². The molecule has 2 unspecified atom stereocenters. The molecule has 0 aromatic heterocycles. The van der Waals surface area contributed by atoms with E-state index in [1.165, 1.54) is 0 Å². The Hall–Kier alpha value is -0.570. The predicted octanol–water partition coefficient (Wildman–Crippen LogP) is 2.01. The fourth-order valence-corrected chi connectivity index (χ4v) is 2.25. The molecule has 0 radical (unpaired) electrons. The Morgan fingerprint density at radius 3 is 2.69 bits per heavy atom. The van der Waals surface area contributed by atoms with Crippen LogP contribution in [-0.4, -0.2) is 29.9 Å². The summed E-state index contributed by atoms with van der Waals surface area (Å²) in [6.45, 7) is 8.40. The zero-order valence-electron chi connectivity index (χ0n) is 10.9. The van der Waals surface area contributed by atoms with Crippen LogP contribution in [0.25, 0.3) is 0 Å². The number of likely N-dealkylation sites (tertiary alicyclic amines) is 1. The topological polar surface area (TPSA) is 46.3 Å². The summed E-state index contributed by atoms with van der Waals surface area (Å²) < 4.78 is 0. The minimum Gasteiger partial charge on any atom is -0.341 e. The van der Waals surface area contributed by atoms with Crippen molar-refractivity contribution in [2.24, 2.45) is 17.6 Å². The van der Waals surface area contributed by atoms with Gasteiger partial charge in [-0.15, -0.1) is 0 Å². The van der Waals surface area contributed by atoms with Crippen LogP contribution in [0.1, 0.15) is 46.5 Å². The van der Waals surface area contributed by atoms with Crippen LogP contribution in [0, 0.1) is 11.8 Å². The van der Waals surface area contributed by atoms with Gasteiger partial charge in [-0.25, -0.2) is 0 Å². The summed E-state index contributed by atoms with van der Waals surface area (Å²) in [5.41, 5.74) is 5.92. The van der Waals surface area contributed by atoms with Gasteiger partial charge in [0.05, 0.1) is 6.04 Å². The van der Waals surface area contributed by atoms with Gasteiger partial charge < -0.3 is 10.6 Å². The van der Waals surface area contributed by atoms with Crippen molar-refractivity contribution in [3.05, 3.63) is 0 Å². The Kier molecular flexibility index (Phi) is 5.26. The van der Waals surface area contributed by atoms with Crippen molar-refractivity contribution in [1.82, 2.24) is 4.90 Å². The first kappa shape index (κ1) is 13.5. The monoisotopic (exact) mass is 226 g/mol. The first-order valence-electron chi connectivity index (χ1n) is 6.60. The molecular weight excluding hydrogens is 200 g/mol. The molecule has 0 saturated carbocycles. The SMILES string of the molecule is CCCC[C@H](N)C(=O)N1CCC(C)C(C)C1. The molecule has 1 aliphatic rings. The van der Waals surface area contributed by atoms with E-state index in [2.05, 4.69) is 20.8 Å². The summed E-state index contributed by atoms with van der Waals surface area (Å²) in [5, 5.41) is 0. The Balaban J connectivity index is 2.42. The predicted molar refractivity (Wildman–Crippen MR) is 67.0 cm³/mol. The van der Waals surface area contributed by atoms with Crippen molar-refractivity contribution < 1.29 is 4.79 Å². The molecule has 1 amide bonds. The normalized spacial score (nSPS) is 27.9. The number of nitrogens with two attached hydrogens (primary N) is 1. The maximum atomic E-state index is 12.1. The summed E-state index contributed by atoms with van der Waals surface area (Å²) in [5.74, 6) is 1.50. The number of nitrogens with zero attached hydrogens (tertiary/aromatic N) is 1. The number of hydrogen-bond donors (Lipinski definition) is 1. The van der Waals surface area contributed by atoms with E-state index in [4.69, 9.17) is 5.73 Å². The lowest BCUT2D eigenvalue weighted by Crippen LogP contribution is -2.49. The molecular formula is C13H26N2O. The zero-order valence-corrected chi connectivity index (χ0v) is 10.9. The number of carbonyl (C=O) groups excluding carboxylic acids is 1. The largest absolute Gasteiger partial charge is 0.341 e. The Morgan fingerprint density at radius 1 is 1.44 bits per heavy atom. The van der Waals surface area contributed by atoms with E-state index >= 15 is 0 Å². The summed E-state index contributed by atoms with van der Waals surface area (Å²) in [6, 6.07) is -0.277. The van der Waals surface area contributed by atoms with Crippen LogP contribution in [0.4, 0.5) is 0 Å². The number of carbonyl (C=O) groups is 1. The van der Waals surface area contributed by atoms with Gasteiger partial charge in [0, 0.05) is 13.1 Å². The van der Waals surface area contributed by atoms with Gasteiger partial charge in [0.25, 0.3) is 0 Å². The van der Waals surface area contributed by atoms with E-state index in [0.717, 1.165) is 44.7 Å². The summed E-state index contributed by atoms with van der Waals surface area (Å²) in [7, 11) is 0. The molecule has 0 bridgehead atoms. The van der Waals surface area contributed by atoms with Gasteiger partial charge in [-0.1, -0.05) is 33.6 Å². The average molecular weight is 226 g/mol. The summed E-state index contributed by atoms with van der Waals surface area (Å²) in [6.07, 6.45) is 4.10. The molecule has 1 heterocycles. The summed E-state index contributed by atoms with van der Waals surface area (Å²) >= 11 is 0. The first-order valence-corrected chi connectivity index (χ1v) is 6.60. The maximum absolute atomic E-state index is 12.1. The molecule has 1 aliphatic heterocycles. The number of piperidine rings is 1. The lowest BCUT2D eigenvalue weighted by Gasteiger charge is -2.36. The second-order valence-electron chi connectivity index (χ2n) is 5.28. The first-order chi connectivity index (χ1) is 7.56. The quantitative estimate of drug-likeness (QED) is 0.797. The molecule has 3 atom stereocenters. The highest BCUT2D eigenvalue weighted by molar-refractivity contribution is 5.81. The number of unbranched alkanes of at least 4 members (excludes halogenated alkanes) is 1. The van der Waals surface area contributed by atoms with Crippen LogP contribution in [0.3, 0.4) is 0 Å². The Morgan fingerprint density at radius 2 is 2.12 bits per heavy atom. The molecule has 2 N–H and O–H groups in total. The second kappa shape index (κ2) is 6.24. The fraction of sp³-hybridized carbons (Fsp3) is 0.923. The highest BCUT2D eigenvalue weighted by atomic mass is 16.2. The Labute approximate surface area is 99.4 Å². The highest BCUT2D eigenvalue weighted by Crippen LogP contribution is 2.22. The molecule has 94 valence electrons. The van der Waals surface area contributed by atoms with Gasteiger partial charge in [0.15, 0.2) is 0 Å². The van der Waals surface area contributed by atoms with Crippen LogP contribution in [0.15, 0.2) is 0 Å². The molecule has 0 aromatic rings. The van der Waals surface area contributed by atoms with Gasteiger partial charge in [-0.2, -0.15) is 0 Å². The molecule has 3 nitrogen and oxygen atoms in total.